The van der Waals surface area contributed by atoms with E-state index in [1.165, 1.54) is 75.8 Å². The minimum atomic E-state index is -0.736. The molecule has 1 saturated carbocycles. The third-order valence-electron chi connectivity index (χ3n) is 7.74. The Labute approximate surface area is 268 Å². The van der Waals surface area contributed by atoms with Gasteiger partial charge < -0.3 is 0 Å². The van der Waals surface area contributed by atoms with Crippen LogP contribution in [0, 0.1) is 96.3 Å². The molecule has 4 aromatic rings. The first-order chi connectivity index (χ1) is 21.0. The van der Waals surface area contributed by atoms with Gasteiger partial charge in [-0.1, -0.05) is 99.2 Å². The van der Waals surface area contributed by atoms with Gasteiger partial charge in [0.05, 0.1) is 0 Å². The van der Waals surface area contributed by atoms with Crippen molar-refractivity contribution < 1.29 is 22.0 Å². The molecule has 45 heavy (non-hydrogen) atoms. The summed E-state index contributed by atoms with van der Waals surface area (Å²) in [5.41, 5.74) is 5.74. The van der Waals surface area contributed by atoms with Gasteiger partial charge in [-0.15, -0.1) is 0 Å². The van der Waals surface area contributed by atoms with E-state index in [4.69, 9.17) is 0 Å². The number of rotatable bonds is 0. The molecular formula is C40H51F5. The van der Waals surface area contributed by atoms with Gasteiger partial charge in [-0.3, -0.25) is 0 Å². The molecule has 0 aliphatic heterocycles. The molecule has 0 radical (unpaired) electrons. The molecule has 0 heterocycles. The Morgan fingerprint density at radius 3 is 1.04 bits per heavy atom. The SMILES string of the molecule is CC1CCC(C)CC1.Cc1cc(F)c(C)c(F)c1.Cc1ccc(C)c(F)c1.Cc1ccc(C)c(F)c1F.Cc1ccc(C)cc1. The van der Waals surface area contributed by atoms with Crippen molar-refractivity contribution >= 4 is 0 Å². The highest BCUT2D eigenvalue weighted by Crippen LogP contribution is 2.27. The summed E-state index contributed by atoms with van der Waals surface area (Å²) >= 11 is 0. The summed E-state index contributed by atoms with van der Waals surface area (Å²) in [4.78, 5) is 0. The molecule has 5 heteroatoms. The van der Waals surface area contributed by atoms with Gasteiger partial charge in [-0.05, 0) is 113 Å². The lowest BCUT2D eigenvalue weighted by molar-refractivity contribution is 0.308. The molecule has 0 unspecified atom stereocenters. The summed E-state index contributed by atoms with van der Waals surface area (Å²) in [7, 11) is 0. The average molecular weight is 627 g/mol. The lowest BCUT2D eigenvalue weighted by Crippen LogP contribution is -2.08. The van der Waals surface area contributed by atoms with E-state index in [1.54, 1.807) is 32.0 Å². The van der Waals surface area contributed by atoms with Crippen molar-refractivity contribution in [2.24, 2.45) is 11.8 Å². The molecule has 4 aromatic carbocycles. The van der Waals surface area contributed by atoms with Crippen LogP contribution in [0.4, 0.5) is 22.0 Å². The number of benzene rings is 4. The van der Waals surface area contributed by atoms with E-state index >= 15 is 0 Å². The molecule has 246 valence electrons. The highest BCUT2D eigenvalue weighted by atomic mass is 19.2. The fraction of sp³-hybridized carbons (Fsp3) is 0.400. The first kappa shape index (κ1) is 39.6. The smallest absolute Gasteiger partial charge is 0.161 e. The van der Waals surface area contributed by atoms with E-state index in [1.807, 2.05) is 13.0 Å². The molecule has 1 aliphatic carbocycles. The standard InChI is InChI=1S/2C8H8F2.C8H9F.C8H16.C8H10/c1-5-3-7(9)6(2)8(10)4-5;1-5-3-4-6(2)8(10)7(5)9;1-6-3-4-7(2)8(9)5-6;2*1-7-3-5-8(2)6-4-7/h2*3-4H,1-2H3;3-5H,1-2H3;7-8H,3-6H2,1-2H3;3-6H,1-2H3. The maximum Gasteiger partial charge on any atom is 0.161 e. The largest absolute Gasteiger partial charge is 0.207 e. The van der Waals surface area contributed by atoms with Crippen molar-refractivity contribution in [1.29, 1.82) is 0 Å². The van der Waals surface area contributed by atoms with E-state index in [0.717, 1.165) is 17.4 Å². The lowest BCUT2D eigenvalue weighted by Gasteiger charge is -2.22. The Balaban J connectivity index is 0.000000282. The van der Waals surface area contributed by atoms with Crippen LogP contribution in [-0.4, -0.2) is 0 Å². The summed E-state index contributed by atoms with van der Waals surface area (Å²) in [6.45, 7) is 18.7. The van der Waals surface area contributed by atoms with Crippen LogP contribution in [0.25, 0.3) is 0 Å². The summed E-state index contributed by atoms with van der Waals surface area (Å²) < 4.78 is 63.0. The summed E-state index contributed by atoms with van der Waals surface area (Å²) in [6, 6.07) is 19.5. The van der Waals surface area contributed by atoms with Crippen molar-refractivity contribution in [2.75, 3.05) is 0 Å². The van der Waals surface area contributed by atoms with E-state index in [2.05, 4.69) is 52.0 Å². The van der Waals surface area contributed by atoms with Crippen LogP contribution in [0.15, 0.2) is 66.7 Å². The van der Waals surface area contributed by atoms with Gasteiger partial charge in [0.15, 0.2) is 11.6 Å². The normalized spacial score (nSPS) is 15.1. The zero-order chi connectivity index (χ0) is 34.3. The Hall–Kier alpha value is -3.47. The van der Waals surface area contributed by atoms with Crippen LogP contribution < -0.4 is 0 Å². The highest BCUT2D eigenvalue weighted by Gasteiger charge is 2.13. The number of halogens is 5. The van der Waals surface area contributed by atoms with Gasteiger partial charge in [0.2, 0.25) is 0 Å². The second kappa shape index (κ2) is 19.8. The van der Waals surface area contributed by atoms with Gasteiger partial charge in [0.1, 0.15) is 17.5 Å². The zero-order valence-electron chi connectivity index (χ0n) is 28.7. The van der Waals surface area contributed by atoms with Gasteiger partial charge >= 0.3 is 0 Å². The van der Waals surface area contributed by atoms with Gasteiger partial charge in [0.25, 0.3) is 0 Å². The van der Waals surface area contributed by atoms with Crippen LogP contribution in [0.3, 0.4) is 0 Å². The van der Waals surface area contributed by atoms with Crippen LogP contribution in [0.2, 0.25) is 0 Å². The van der Waals surface area contributed by atoms with Crippen molar-refractivity contribution in [2.45, 2.75) is 94.9 Å². The number of hydrogen-bond acceptors (Lipinski definition) is 0. The minimum absolute atomic E-state index is 0.0885. The molecule has 0 spiro atoms. The summed E-state index contributed by atoms with van der Waals surface area (Å²) in [5.74, 6) is -0.498. The van der Waals surface area contributed by atoms with Crippen LogP contribution >= 0.6 is 0 Å². The number of hydrogen-bond donors (Lipinski definition) is 0. The molecule has 0 atom stereocenters. The van der Waals surface area contributed by atoms with Crippen molar-refractivity contribution in [3.05, 3.63) is 140 Å². The first-order valence-electron chi connectivity index (χ1n) is 15.6. The molecule has 0 nitrogen and oxygen atoms in total. The fourth-order valence-electron chi connectivity index (χ4n) is 4.28. The molecule has 1 fully saturated rings. The van der Waals surface area contributed by atoms with Crippen LogP contribution in [0.1, 0.15) is 84.0 Å². The highest BCUT2D eigenvalue weighted by molar-refractivity contribution is 5.25. The van der Waals surface area contributed by atoms with E-state index < -0.39 is 23.3 Å². The third-order valence-corrected chi connectivity index (χ3v) is 7.74. The molecule has 0 N–H and O–H groups in total. The Kier molecular flexibility index (Phi) is 17.4. The van der Waals surface area contributed by atoms with Crippen molar-refractivity contribution in [3.63, 3.8) is 0 Å². The predicted octanol–water partition coefficient (Wildman–Crippen LogP) is 12.7. The van der Waals surface area contributed by atoms with Crippen LogP contribution in [0.5, 0.6) is 0 Å². The minimum Gasteiger partial charge on any atom is -0.207 e. The molecule has 0 amide bonds. The number of aryl methyl sites for hydroxylation is 7. The average Bonchev–Trinajstić information content (AvgIpc) is 2.99. The van der Waals surface area contributed by atoms with Crippen molar-refractivity contribution in [1.82, 2.24) is 0 Å². The van der Waals surface area contributed by atoms with E-state index in [0.29, 0.717) is 22.3 Å². The maximum atomic E-state index is 12.6. The van der Waals surface area contributed by atoms with Gasteiger partial charge in [-0.25, -0.2) is 22.0 Å². The lowest BCUT2D eigenvalue weighted by atomic mass is 9.84. The molecule has 0 bridgehead atoms. The first-order valence-corrected chi connectivity index (χ1v) is 15.6. The predicted molar refractivity (Wildman–Crippen MR) is 180 cm³/mol. The monoisotopic (exact) mass is 626 g/mol. The van der Waals surface area contributed by atoms with E-state index in [-0.39, 0.29) is 11.4 Å². The Morgan fingerprint density at radius 2 is 0.711 bits per heavy atom. The van der Waals surface area contributed by atoms with Crippen LogP contribution in [-0.2, 0) is 0 Å². The Morgan fingerprint density at radius 1 is 0.400 bits per heavy atom. The quantitative estimate of drug-likeness (QED) is 0.170. The van der Waals surface area contributed by atoms with Crippen molar-refractivity contribution in [3.8, 4) is 0 Å². The molecule has 0 saturated heterocycles. The summed E-state index contributed by atoms with van der Waals surface area (Å²) in [5, 5.41) is 0. The second-order valence-corrected chi connectivity index (χ2v) is 12.5. The van der Waals surface area contributed by atoms with Gasteiger partial charge in [-0.2, -0.15) is 0 Å². The van der Waals surface area contributed by atoms with Gasteiger partial charge in [0, 0.05) is 5.56 Å². The molecule has 5 rings (SSSR count). The van der Waals surface area contributed by atoms with E-state index in [9.17, 15) is 22.0 Å². The third kappa shape index (κ3) is 15.4. The molecule has 0 aromatic heterocycles. The second-order valence-electron chi connectivity index (χ2n) is 12.5. The summed E-state index contributed by atoms with van der Waals surface area (Å²) in [6.07, 6.45) is 5.89. The zero-order valence-corrected chi connectivity index (χ0v) is 28.7. The molecular weight excluding hydrogens is 575 g/mol. The maximum absolute atomic E-state index is 12.6. The topological polar surface area (TPSA) is 0 Å². The Bertz CT molecular complexity index is 1370. The molecule has 1 aliphatic rings. The fourth-order valence-corrected chi connectivity index (χ4v) is 4.28.